The van der Waals surface area contributed by atoms with Crippen molar-refractivity contribution in [3.05, 3.63) is 17.0 Å². The molecule has 0 aliphatic carbocycles. The minimum Gasteiger partial charge on any atom is -0.394 e. The van der Waals surface area contributed by atoms with Crippen LogP contribution in [0.3, 0.4) is 0 Å². The number of ether oxygens (including phenoxy) is 2. The fraction of sp³-hybridized carbons (Fsp3) is 0.750. The molecule has 0 spiro atoms. The van der Waals surface area contributed by atoms with E-state index >= 15 is 0 Å². The summed E-state index contributed by atoms with van der Waals surface area (Å²) in [5, 5.41) is 16.3. The van der Waals surface area contributed by atoms with Crippen LogP contribution in [0.1, 0.15) is 29.8 Å². The van der Waals surface area contributed by atoms with Gasteiger partial charge in [-0.05, 0) is 32.3 Å². The number of hydrogen-bond donors (Lipinski definition) is 2. The van der Waals surface area contributed by atoms with Crippen molar-refractivity contribution in [1.82, 2.24) is 15.1 Å². The zero-order valence-corrected chi connectivity index (χ0v) is 14.2. The summed E-state index contributed by atoms with van der Waals surface area (Å²) in [6.07, 6.45) is 1.65. The monoisotopic (exact) mass is 325 g/mol. The van der Waals surface area contributed by atoms with E-state index in [0.717, 1.165) is 23.4 Å². The molecule has 7 heteroatoms. The quantitative estimate of drug-likeness (QED) is 0.751. The maximum atomic E-state index is 12.2. The summed E-state index contributed by atoms with van der Waals surface area (Å²) < 4.78 is 12.8. The van der Waals surface area contributed by atoms with Crippen molar-refractivity contribution in [2.75, 3.05) is 26.4 Å². The van der Waals surface area contributed by atoms with Gasteiger partial charge in [0.05, 0.1) is 31.6 Å². The lowest BCUT2D eigenvalue weighted by atomic mass is 10.0. The molecule has 2 heterocycles. The van der Waals surface area contributed by atoms with Gasteiger partial charge in [-0.25, -0.2) is 0 Å². The molecule has 2 rings (SSSR count). The standard InChI is InChI=1S/C16H27N3O4/c1-11-13(12(2)19(3)18-11)4-5-16(21)17-14-6-8-22-10-15(14)23-9-7-20/h14-15,20H,4-10H2,1-3H3,(H,17,21)/t14-,15-/m1/s1. The van der Waals surface area contributed by atoms with E-state index in [4.69, 9.17) is 14.6 Å². The van der Waals surface area contributed by atoms with Crippen LogP contribution in [0.5, 0.6) is 0 Å². The van der Waals surface area contributed by atoms with Gasteiger partial charge in [-0.1, -0.05) is 0 Å². The highest BCUT2D eigenvalue weighted by molar-refractivity contribution is 5.76. The maximum absolute atomic E-state index is 12.2. The molecule has 1 aromatic heterocycles. The zero-order valence-electron chi connectivity index (χ0n) is 14.2. The molecule has 1 aliphatic rings. The molecule has 7 nitrogen and oxygen atoms in total. The third-order valence-corrected chi connectivity index (χ3v) is 4.33. The summed E-state index contributed by atoms with van der Waals surface area (Å²) in [5.41, 5.74) is 3.22. The molecule has 23 heavy (non-hydrogen) atoms. The van der Waals surface area contributed by atoms with Gasteiger partial charge in [0, 0.05) is 25.8 Å². The number of hydrogen-bond acceptors (Lipinski definition) is 5. The number of aryl methyl sites for hydroxylation is 2. The summed E-state index contributed by atoms with van der Waals surface area (Å²) in [6, 6.07) is -0.0566. The molecule has 0 saturated carbocycles. The Morgan fingerprint density at radius 3 is 2.96 bits per heavy atom. The third-order valence-electron chi connectivity index (χ3n) is 4.33. The highest BCUT2D eigenvalue weighted by Gasteiger charge is 2.27. The number of carbonyl (C=O) groups excluding carboxylic acids is 1. The second-order valence-corrected chi connectivity index (χ2v) is 5.94. The molecule has 2 atom stereocenters. The molecule has 130 valence electrons. The van der Waals surface area contributed by atoms with Crippen molar-refractivity contribution in [3.8, 4) is 0 Å². The van der Waals surface area contributed by atoms with Crippen molar-refractivity contribution >= 4 is 5.91 Å². The number of aliphatic hydroxyl groups is 1. The highest BCUT2D eigenvalue weighted by atomic mass is 16.5. The van der Waals surface area contributed by atoms with E-state index in [1.807, 2.05) is 25.6 Å². The molecular formula is C16H27N3O4. The number of aliphatic hydroxyl groups excluding tert-OH is 1. The normalized spacial score (nSPS) is 21.4. The summed E-state index contributed by atoms with van der Waals surface area (Å²) in [6.45, 7) is 5.28. The van der Waals surface area contributed by atoms with Crippen LogP contribution in [0.15, 0.2) is 0 Å². The van der Waals surface area contributed by atoms with E-state index in [2.05, 4.69) is 10.4 Å². The Bertz CT molecular complexity index is 530. The molecule has 0 unspecified atom stereocenters. The van der Waals surface area contributed by atoms with Gasteiger partial charge < -0.3 is 19.9 Å². The zero-order chi connectivity index (χ0) is 16.8. The van der Waals surface area contributed by atoms with E-state index in [1.54, 1.807) is 0 Å². The van der Waals surface area contributed by atoms with Crippen LogP contribution in [0.2, 0.25) is 0 Å². The van der Waals surface area contributed by atoms with Crippen molar-refractivity contribution in [2.24, 2.45) is 7.05 Å². The molecule has 1 aliphatic heterocycles. The minimum atomic E-state index is -0.193. The average Bonchev–Trinajstić information content (AvgIpc) is 2.77. The smallest absolute Gasteiger partial charge is 0.220 e. The summed E-state index contributed by atoms with van der Waals surface area (Å²) >= 11 is 0. The second-order valence-electron chi connectivity index (χ2n) is 5.94. The van der Waals surface area contributed by atoms with Crippen molar-refractivity contribution in [3.63, 3.8) is 0 Å². The number of nitrogens with zero attached hydrogens (tertiary/aromatic N) is 2. The predicted molar refractivity (Wildman–Crippen MR) is 85.2 cm³/mol. The first-order chi connectivity index (χ1) is 11.0. The van der Waals surface area contributed by atoms with E-state index in [-0.39, 0.29) is 31.3 Å². The van der Waals surface area contributed by atoms with Gasteiger partial charge in [0.1, 0.15) is 6.10 Å². The number of carbonyl (C=O) groups is 1. The summed E-state index contributed by atoms with van der Waals surface area (Å²) in [7, 11) is 1.91. The lowest BCUT2D eigenvalue weighted by molar-refractivity contribution is -0.126. The molecule has 0 bridgehead atoms. The first-order valence-electron chi connectivity index (χ1n) is 8.11. The van der Waals surface area contributed by atoms with Gasteiger partial charge >= 0.3 is 0 Å². The van der Waals surface area contributed by atoms with Gasteiger partial charge in [0.2, 0.25) is 5.91 Å². The van der Waals surface area contributed by atoms with Gasteiger partial charge in [0.25, 0.3) is 0 Å². The topological polar surface area (TPSA) is 85.6 Å². The fourth-order valence-corrected chi connectivity index (χ4v) is 2.94. The van der Waals surface area contributed by atoms with Gasteiger partial charge in [-0.3, -0.25) is 9.48 Å². The maximum Gasteiger partial charge on any atom is 0.220 e. The lowest BCUT2D eigenvalue weighted by Crippen LogP contribution is -2.50. The minimum absolute atomic E-state index is 0.0113. The largest absolute Gasteiger partial charge is 0.394 e. The van der Waals surface area contributed by atoms with Crippen LogP contribution < -0.4 is 5.32 Å². The van der Waals surface area contributed by atoms with Crippen molar-refractivity contribution in [1.29, 1.82) is 0 Å². The van der Waals surface area contributed by atoms with Crippen molar-refractivity contribution < 1.29 is 19.4 Å². The van der Waals surface area contributed by atoms with Gasteiger partial charge in [-0.2, -0.15) is 5.10 Å². The Labute approximate surface area is 137 Å². The molecule has 0 aromatic carbocycles. The second kappa shape index (κ2) is 8.42. The van der Waals surface area contributed by atoms with E-state index in [0.29, 0.717) is 26.1 Å². The molecule has 2 N–H and O–H groups in total. The summed E-state index contributed by atoms with van der Waals surface area (Å²) in [5.74, 6) is 0.0113. The SMILES string of the molecule is Cc1nn(C)c(C)c1CCC(=O)N[C@@H]1CCOC[C@H]1OCCO. The van der Waals surface area contributed by atoms with E-state index < -0.39 is 0 Å². The van der Waals surface area contributed by atoms with Gasteiger partial charge in [0.15, 0.2) is 0 Å². The van der Waals surface area contributed by atoms with Crippen LogP contribution >= 0.6 is 0 Å². The van der Waals surface area contributed by atoms with Crippen LogP contribution in [0.25, 0.3) is 0 Å². The number of rotatable bonds is 7. The Kier molecular flexibility index (Phi) is 6.56. The van der Waals surface area contributed by atoms with E-state index in [1.165, 1.54) is 0 Å². The Balaban J connectivity index is 1.85. The first kappa shape index (κ1) is 17.9. The lowest BCUT2D eigenvalue weighted by Gasteiger charge is -2.32. The summed E-state index contributed by atoms with van der Waals surface area (Å²) in [4.78, 5) is 12.2. The Morgan fingerprint density at radius 1 is 1.52 bits per heavy atom. The molecule has 1 saturated heterocycles. The van der Waals surface area contributed by atoms with Crippen LogP contribution in [-0.2, 0) is 27.7 Å². The Morgan fingerprint density at radius 2 is 2.30 bits per heavy atom. The number of aromatic nitrogens is 2. The van der Waals surface area contributed by atoms with E-state index in [9.17, 15) is 4.79 Å². The number of amides is 1. The average molecular weight is 325 g/mol. The number of nitrogens with one attached hydrogen (secondary N) is 1. The molecule has 0 radical (unpaired) electrons. The van der Waals surface area contributed by atoms with Crippen LogP contribution in [-0.4, -0.2) is 59.4 Å². The fourth-order valence-electron chi connectivity index (χ4n) is 2.94. The highest BCUT2D eigenvalue weighted by Crippen LogP contribution is 2.15. The first-order valence-corrected chi connectivity index (χ1v) is 8.11. The van der Waals surface area contributed by atoms with Gasteiger partial charge in [-0.15, -0.1) is 0 Å². The van der Waals surface area contributed by atoms with Crippen LogP contribution in [0, 0.1) is 13.8 Å². The molecule has 1 fully saturated rings. The predicted octanol–water partition coefficient (Wildman–Crippen LogP) is 0.252. The molecule has 1 amide bonds. The third kappa shape index (κ3) is 4.76. The molecular weight excluding hydrogens is 298 g/mol. The van der Waals surface area contributed by atoms with Crippen molar-refractivity contribution in [2.45, 2.75) is 45.3 Å². The molecule has 1 aromatic rings. The Hall–Kier alpha value is -1.44. The van der Waals surface area contributed by atoms with Crippen LogP contribution in [0.4, 0.5) is 0 Å².